The van der Waals surface area contributed by atoms with Crippen molar-refractivity contribution in [1.82, 2.24) is 10.2 Å². The SMILES string of the molecule is COc1ccc([C@@H]2CN(Cc3ccc(C)s3)C[C@H]2NC(C)=O)cc1. The van der Waals surface area contributed by atoms with Crippen LogP contribution in [0.25, 0.3) is 0 Å². The van der Waals surface area contributed by atoms with Gasteiger partial charge in [0.1, 0.15) is 5.75 Å². The number of carbonyl (C=O) groups excluding carboxylic acids is 1. The molecule has 4 nitrogen and oxygen atoms in total. The van der Waals surface area contributed by atoms with Gasteiger partial charge in [-0.3, -0.25) is 9.69 Å². The van der Waals surface area contributed by atoms with Crippen molar-refractivity contribution in [3.05, 3.63) is 51.7 Å². The zero-order valence-electron chi connectivity index (χ0n) is 14.4. The van der Waals surface area contributed by atoms with E-state index in [-0.39, 0.29) is 11.9 Å². The van der Waals surface area contributed by atoms with Crippen LogP contribution >= 0.6 is 11.3 Å². The molecule has 5 heteroatoms. The highest BCUT2D eigenvalue weighted by Crippen LogP contribution is 2.30. The van der Waals surface area contributed by atoms with Crippen molar-refractivity contribution in [1.29, 1.82) is 0 Å². The molecule has 2 atom stereocenters. The van der Waals surface area contributed by atoms with E-state index in [2.05, 4.69) is 41.4 Å². The van der Waals surface area contributed by atoms with Gasteiger partial charge in [0, 0.05) is 48.3 Å². The third-order valence-corrected chi connectivity index (χ3v) is 5.49. The van der Waals surface area contributed by atoms with Crippen molar-refractivity contribution in [3.63, 3.8) is 0 Å². The van der Waals surface area contributed by atoms with Crippen molar-refractivity contribution in [2.75, 3.05) is 20.2 Å². The molecule has 1 saturated heterocycles. The van der Waals surface area contributed by atoms with E-state index in [1.54, 1.807) is 14.0 Å². The minimum Gasteiger partial charge on any atom is -0.497 e. The van der Waals surface area contributed by atoms with Gasteiger partial charge in [0.25, 0.3) is 0 Å². The number of hydrogen-bond donors (Lipinski definition) is 1. The number of aryl methyl sites for hydroxylation is 1. The van der Waals surface area contributed by atoms with Crippen LogP contribution in [0.4, 0.5) is 0 Å². The molecule has 1 N–H and O–H groups in total. The van der Waals surface area contributed by atoms with Crippen LogP contribution in [0, 0.1) is 6.92 Å². The molecule has 1 aromatic carbocycles. The van der Waals surface area contributed by atoms with Crippen molar-refractivity contribution < 1.29 is 9.53 Å². The second-order valence-corrected chi connectivity index (χ2v) is 7.77. The summed E-state index contributed by atoms with van der Waals surface area (Å²) in [6, 6.07) is 12.7. The quantitative estimate of drug-likeness (QED) is 0.906. The molecule has 0 spiro atoms. The molecule has 3 rings (SSSR count). The maximum absolute atomic E-state index is 11.6. The summed E-state index contributed by atoms with van der Waals surface area (Å²) in [4.78, 5) is 16.8. The van der Waals surface area contributed by atoms with Crippen LogP contribution in [0.3, 0.4) is 0 Å². The summed E-state index contributed by atoms with van der Waals surface area (Å²) < 4.78 is 5.25. The van der Waals surface area contributed by atoms with Gasteiger partial charge in [0.15, 0.2) is 0 Å². The molecule has 24 heavy (non-hydrogen) atoms. The van der Waals surface area contributed by atoms with E-state index in [4.69, 9.17) is 4.74 Å². The highest BCUT2D eigenvalue weighted by atomic mass is 32.1. The Morgan fingerprint density at radius 1 is 1.25 bits per heavy atom. The monoisotopic (exact) mass is 344 g/mol. The van der Waals surface area contributed by atoms with E-state index >= 15 is 0 Å². The first-order valence-electron chi connectivity index (χ1n) is 8.24. The lowest BCUT2D eigenvalue weighted by molar-refractivity contribution is -0.119. The predicted molar refractivity (Wildman–Crippen MR) is 97.7 cm³/mol. The second kappa shape index (κ2) is 7.36. The first kappa shape index (κ1) is 17.0. The molecular formula is C19H24N2O2S. The molecule has 1 amide bonds. The van der Waals surface area contributed by atoms with Crippen molar-refractivity contribution >= 4 is 17.2 Å². The molecule has 0 saturated carbocycles. The van der Waals surface area contributed by atoms with Crippen LogP contribution in [0.2, 0.25) is 0 Å². The van der Waals surface area contributed by atoms with Crippen LogP contribution in [-0.4, -0.2) is 37.0 Å². The number of hydrogen-bond acceptors (Lipinski definition) is 4. The number of nitrogens with zero attached hydrogens (tertiary/aromatic N) is 1. The van der Waals surface area contributed by atoms with Gasteiger partial charge >= 0.3 is 0 Å². The first-order valence-corrected chi connectivity index (χ1v) is 9.05. The van der Waals surface area contributed by atoms with E-state index in [9.17, 15) is 4.79 Å². The molecule has 0 radical (unpaired) electrons. The Hall–Kier alpha value is -1.85. The molecule has 0 aliphatic carbocycles. The fourth-order valence-corrected chi connectivity index (χ4v) is 4.33. The number of nitrogens with one attached hydrogen (secondary N) is 1. The van der Waals surface area contributed by atoms with Gasteiger partial charge in [0.05, 0.1) is 7.11 Å². The Morgan fingerprint density at radius 2 is 2.00 bits per heavy atom. The fraction of sp³-hybridized carbons (Fsp3) is 0.421. The van der Waals surface area contributed by atoms with Crippen molar-refractivity contribution in [2.24, 2.45) is 0 Å². The van der Waals surface area contributed by atoms with Gasteiger partial charge in [-0.25, -0.2) is 0 Å². The fourth-order valence-electron chi connectivity index (χ4n) is 3.40. The Bertz CT molecular complexity index is 696. The first-order chi connectivity index (χ1) is 11.5. The van der Waals surface area contributed by atoms with Gasteiger partial charge in [0.2, 0.25) is 5.91 Å². The number of thiophene rings is 1. The summed E-state index contributed by atoms with van der Waals surface area (Å²) in [7, 11) is 1.68. The molecule has 2 heterocycles. The van der Waals surface area contributed by atoms with E-state index in [0.29, 0.717) is 5.92 Å². The number of likely N-dealkylation sites (tertiary alicyclic amines) is 1. The largest absolute Gasteiger partial charge is 0.497 e. The lowest BCUT2D eigenvalue weighted by Crippen LogP contribution is -2.38. The molecule has 1 aromatic heterocycles. The predicted octanol–water partition coefficient (Wildman–Crippen LogP) is 3.17. The Balaban J connectivity index is 1.75. The van der Waals surface area contributed by atoms with Crippen molar-refractivity contribution in [3.8, 4) is 5.75 Å². The second-order valence-electron chi connectivity index (χ2n) is 6.39. The third kappa shape index (κ3) is 3.97. The van der Waals surface area contributed by atoms with Crippen LogP contribution in [0.5, 0.6) is 5.75 Å². The molecular weight excluding hydrogens is 320 g/mol. The summed E-state index contributed by atoms with van der Waals surface area (Å²) >= 11 is 1.85. The van der Waals surface area contributed by atoms with Gasteiger partial charge < -0.3 is 10.1 Å². The molecule has 0 bridgehead atoms. The van der Waals surface area contributed by atoms with Crippen molar-refractivity contribution in [2.45, 2.75) is 32.4 Å². The average molecular weight is 344 g/mol. The van der Waals surface area contributed by atoms with E-state index < -0.39 is 0 Å². The maximum atomic E-state index is 11.6. The van der Waals surface area contributed by atoms with Crippen LogP contribution in [0.15, 0.2) is 36.4 Å². The Labute approximate surface area is 147 Å². The number of amides is 1. The topological polar surface area (TPSA) is 41.6 Å². The molecule has 1 aliphatic heterocycles. The minimum absolute atomic E-state index is 0.0346. The third-order valence-electron chi connectivity index (χ3n) is 4.50. The number of ether oxygens (including phenoxy) is 1. The lowest BCUT2D eigenvalue weighted by Gasteiger charge is -2.19. The normalized spacial score (nSPS) is 21.0. The number of rotatable bonds is 5. The van der Waals surface area contributed by atoms with Crippen LogP contribution in [0.1, 0.15) is 28.2 Å². The number of carbonyl (C=O) groups is 1. The Morgan fingerprint density at radius 3 is 2.58 bits per heavy atom. The Kier molecular flexibility index (Phi) is 5.21. The highest BCUT2D eigenvalue weighted by Gasteiger charge is 2.34. The smallest absolute Gasteiger partial charge is 0.217 e. The zero-order valence-corrected chi connectivity index (χ0v) is 15.2. The maximum Gasteiger partial charge on any atom is 0.217 e. The number of methoxy groups -OCH3 is 1. The van der Waals surface area contributed by atoms with Gasteiger partial charge in [-0.2, -0.15) is 0 Å². The van der Waals surface area contributed by atoms with Crippen LogP contribution < -0.4 is 10.1 Å². The summed E-state index contributed by atoms with van der Waals surface area (Å²) in [5.74, 6) is 1.20. The number of benzene rings is 1. The molecule has 1 aliphatic rings. The summed E-state index contributed by atoms with van der Waals surface area (Å²) in [6.45, 7) is 6.51. The molecule has 1 fully saturated rings. The minimum atomic E-state index is 0.0346. The standard InChI is InChI=1S/C19H24N2O2S/c1-13-4-9-17(24-13)10-21-11-18(19(12-21)20-14(2)22)15-5-7-16(23-3)8-6-15/h4-9,18-19H,10-12H2,1-3H3,(H,20,22)/t18-,19+/m0/s1. The van der Waals surface area contributed by atoms with E-state index in [1.165, 1.54) is 15.3 Å². The molecule has 0 unspecified atom stereocenters. The average Bonchev–Trinajstić information content (AvgIpc) is 3.13. The van der Waals surface area contributed by atoms with Gasteiger partial charge in [-0.15, -0.1) is 11.3 Å². The molecule has 128 valence electrons. The summed E-state index contributed by atoms with van der Waals surface area (Å²) in [5, 5.41) is 3.13. The van der Waals surface area contributed by atoms with Gasteiger partial charge in [-0.1, -0.05) is 12.1 Å². The van der Waals surface area contributed by atoms with E-state index in [0.717, 1.165) is 25.4 Å². The summed E-state index contributed by atoms with van der Waals surface area (Å²) in [5.41, 5.74) is 1.25. The lowest BCUT2D eigenvalue weighted by atomic mass is 9.94. The zero-order chi connectivity index (χ0) is 17.1. The molecule has 2 aromatic rings. The van der Waals surface area contributed by atoms with Gasteiger partial charge in [-0.05, 0) is 36.8 Å². The van der Waals surface area contributed by atoms with E-state index in [1.807, 2.05) is 23.5 Å². The van der Waals surface area contributed by atoms with Crippen LogP contribution in [-0.2, 0) is 11.3 Å². The summed E-state index contributed by atoms with van der Waals surface area (Å²) in [6.07, 6.45) is 0. The highest BCUT2D eigenvalue weighted by molar-refractivity contribution is 7.11.